The zero-order valence-electron chi connectivity index (χ0n) is 14.1. The van der Waals surface area contributed by atoms with Gasteiger partial charge in [-0.3, -0.25) is 9.59 Å². The summed E-state index contributed by atoms with van der Waals surface area (Å²) in [5.41, 5.74) is 1.59. The van der Waals surface area contributed by atoms with Crippen molar-refractivity contribution in [2.75, 3.05) is 5.32 Å². The van der Waals surface area contributed by atoms with E-state index in [9.17, 15) is 9.59 Å². The van der Waals surface area contributed by atoms with Crippen LogP contribution in [0.4, 0.5) is 5.69 Å². The smallest absolute Gasteiger partial charge is 0.231 e. The summed E-state index contributed by atoms with van der Waals surface area (Å²) in [4.78, 5) is 28.3. The largest absolute Gasteiger partial charge is 0.467 e. The number of fused-ring (bicyclic) bond motifs is 1. The fourth-order valence-corrected chi connectivity index (χ4v) is 3.96. The maximum Gasteiger partial charge on any atom is 0.231 e. The van der Waals surface area contributed by atoms with Crippen LogP contribution in [0.2, 0.25) is 0 Å². The maximum atomic E-state index is 13.4. The second kappa shape index (κ2) is 7.17. The van der Waals surface area contributed by atoms with Gasteiger partial charge in [-0.15, -0.1) is 11.3 Å². The van der Waals surface area contributed by atoms with Gasteiger partial charge >= 0.3 is 0 Å². The van der Waals surface area contributed by atoms with E-state index in [-0.39, 0.29) is 18.2 Å². The van der Waals surface area contributed by atoms with Crippen molar-refractivity contribution in [3.05, 3.63) is 76.4 Å². The van der Waals surface area contributed by atoms with E-state index in [1.807, 2.05) is 53.9 Å². The van der Waals surface area contributed by atoms with E-state index < -0.39 is 5.92 Å². The molecule has 1 aliphatic rings. The number of benzene rings is 1. The number of para-hydroxylation sites is 1. The minimum absolute atomic E-state index is 0.0582. The Hall–Kier alpha value is -2.86. The number of hydrogen-bond acceptors (Lipinski definition) is 4. The molecule has 6 heteroatoms. The molecule has 2 amide bonds. The topological polar surface area (TPSA) is 62.6 Å². The van der Waals surface area contributed by atoms with Crippen LogP contribution in [0.5, 0.6) is 0 Å². The van der Waals surface area contributed by atoms with Crippen molar-refractivity contribution in [1.82, 2.24) is 4.90 Å². The number of furan rings is 1. The molecule has 0 saturated heterocycles. The second-order valence-electron chi connectivity index (χ2n) is 6.25. The van der Waals surface area contributed by atoms with Crippen molar-refractivity contribution in [3.8, 4) is 0 Å². The van der Waals surface area contributed by atoms with Gasteiger partial charge in [0.25, 0.3) is 0 Å². The third-order valence-corrected chi connectivity index (χ3v) is 5.32. The predicted octanol–water partition coefficient (Wildman–Crippen LogP) is 4.00. The average Bonchev–Trinajstić information content (AvgIpc) is 3.34. The summed E-state index contributed by atoms with van der Waals surface area (Å²) >= 11 is 1.61. The molecule has 2 aromatic heterocycles. The Labute approximate surface area is 155 Å². The molecule has 1 aliphatic heterocycles. The van der Waals surface area contributed by atoms with Crippen LogP contribution in [0.15, 0.2) is 64.6 Å². The van der Waals surface area contributed by atoms with Crippen LogP contribution >= 0.6 is 11.3 Å². The second-order valence-corrected chi connectivity index (χ2v) is 7.28. The lowest BCUT2D eigenvalue weighted by Crippen LogP contribution is -2.37. The molecule has 1 unspecified atom stereocenters. The lowest BCUT2D eigenvalue weighted by Gasteiger charge is -2.30. The SMILES string of the molecule is O=C1CC(C(=O)N(Cc2ccco2)Cc2cccs2)c2ccccc2N1. The summed E-state index contributed by atoms with van der Waals surface area (Å²) in [6, 6.07) is 15.2. The van der Waals surface area contributed by atoms with Crippen molar-refractivity contribution in [1.29, 1.82) is 0 Å². The molecule has 26 heavy (non-hydrogen) atoms. The minimum Gasteiger partial charge on any atom is -0.467 e. The molecule has 0 bridgehead atoms. The summed E-state index contributed by atoms with van der Waals surface area (Å²) in [5, 5.41) is 4.84. The third-order valence-electron chi connectivity index (χ3n) is 4.46. The van der Waals surface area contributed by atoms with E-state index in [0.717, 1.165) is 21.9 Å². The normalized spacial score (nSPS) is 16.0. The highest BCUT2D eigenvalue weighted by Gasteiger charge is 2.33. The van der Waals surface area contributed by atoms with Gasteiger partial charge in [-0.2, -0.15) is 0 Å². The Kier molecular flexibility index (Phi) is 4.58. The van der Waals surface area contributed by atoms with Crippen molar-refractivity contribution in [2.45, 2.75) is 25.4 Å². The van der Waals surface area contributed by atoms with Crippen LogP contribution in [0.3, 0.4) is 0 Å². The fraction of sp³-hybridized carbons (Fsp3) is 0.200. The van der Waals surface area contributed by atoms with Gasteiger partial charge in [-0.1, -0.05) is 24.3 Å². The first-order valence-electron chi connectivity index (χ1n) is 8.43. The Morgan fingerprint density at radius 1 is 1.15 bits per heavy atom. The first-order valence-corrected chi connectivity index (χ1v) is 9.31. The van der Waals surface area contributed by atoms with Gasteiger partial charge in [-0.05, 0) is 35.2 Å². The van der Waals surface area contributed by atoms with Gasteiger partial charge < -0.3 is 14.6 Å². The van der Waals surface area contributed by atoms with E-state index in [0.29, 0.717) is 13.1 Å². The first-order chi connectivity index (χ1) is 12.7. The molecule has 1 atom stereocenters. The number of hydrogen-bond donors (Lipinski definition) is 1. The van der Waals surface area contributed by atoms with Crippen molar-refractivity contribution in [2.24, 2.45) is 0 Å². The van der Waals surface area contributed by atoms with E-state index in [2.05, 4.69) is 5.32 Å². The number of carbonyl (C=O) groups is 2. The van der Waals surface area contributed by atoms with Crippen LogP contribution in [0, 0.1) is 0 Å². The summed E-state index contributed by atoms with van der Waals surface area (Å²) in [6.07, 6.45) is 1.77. The van der Waals surface area contributed by atoms with Gasteiger partial charge in [0.15, 0.2) is 0 Å². The molecule has 1 aromatic carbocycles. The Bertz CT molecular complexity index is 867. The van der Waals surface area contributed by atoms with Gasteiger partial charge in [0.05, 0.1) is 25.3 Å². The summed E-state index contributed by atoms with van der Waals surface area (Å²) in [7, 11) is 0. The number of nitrogens with one attached hydrogen (secondary N) is 1. The molecule has 5 nitrogen and oxygen atoms in total. The molecule has 0 spiro atoms. The van der Waals surface area contributed by atoms with Gasteiger partial charge in [0, 0.05) is 17.0 Å². The zero-order chi connectivity index (χ0) is 17.9. The van der Waals surface area contributed by atoms with Crippen molar-refractivity contribution < 1.29 is 14.0 Å². The number of amides is 2. The molecular weight excluding hydrogens is 348 g/mol. The van der Waals surface area contributed by atoms with Crippen LogP contribution in [-0.4, -0.2) is 16.7 Å². The highest BCUT2D eigenvalue weighted by Crippen LogP contribution is 2.34. The highest BCUT2D eigenvalue weighted by molar-refractivity contribution is 7.09. The molecule has 0 fully saturated rings. The molecule has 1 N–H and O–H groups in total. The molecule has 3 aromatic rings. The lowest BCUT2D eigenvalue weighted by molar-refractivity contribution is -0.136. The van der Waals surface area contributed by atoms with Gasteiger partial charge in [0.2, 0.25) is 11.8 Å². The summed E-state index contributed by atoms with van der Waals surface area (Å²) in [6.45, 7) is 0.876. The molecule has 0 radical (unpaired) electrons. The quantitative estimate of drug-likeness (QED) is 0.742. The molecule has 3 heterocycles. The fourth-order valence-electron chi connectivity index (χ4n) is 3.25. The van der Waals surface area contributed by atoms with Crippen molar-refractivity contribution in [3.63, 3.8) is 0 Å². The Morgan fingerprint density at radius 3 is 2.81 bits per heavy atom. The standard InChI is InChI=1S/C20H18N2O3S/c23-19-11-17(16-7-1-2-8-18(16)21-19)20(24)22(12-14-5-3-9-25-14)13-15-6-4-10-26-15/h1-10,17H,11-13H2,(H,21,23). The molecule has 0 aliphatic carbocycles. The van der Waals surface area contributed by atoms with Crippen LogP contribution in [0.1, 0.15) is 28.5 Å². The van der Waals surface area contributed by atoms with E-state index >= 15 is 0 Å². The van der Waals surface area contributed by atoms with E-state index in [1.54, 1.807) is 22.5 Å². The summed E-state index contributed by atoms with van der Waals surface area (Å²) in [5.74, 6) is 0.0616. The number of anilines is 1. The molecule has 132 valence electrons. The van der Waals surface area contributed by atoms with Gasteiger partial charge in [0.1, 0.15) is 5.76 Å². The monoisotopic (exact) mass is 366 g/mol. The zero-order valence-corrected chi connectivity index (χ0v) is 14.9. The number of thiophene rings is 1. The van der Waals surface area contributed by atoms with Crippen LogP contribution in [0.25, 0.3) is 0 Å². The number of rotatable bonds is 5. The molecule has 4 rings (SSSR count). The number of nitrogens with zero attached hydrogens (tertiary/aromatic N) is 1. The van der Waals surface area contributed by atoms with Crippen molar-refractivity contribution >= 4 is 28.8 Å². The predicted molar refractivity (Wildman–Crippen MR) is 99.7 cm³/mol. The Morgan fingerprint density at radius 2 is 2.04 bits per heavy atom. The third kappa shape index (κ3) is 3.41. The van der Waals surface area contributed by atoms with E-state index in [4.69, 9.17) is 4.42 Å². The maximum absolute atomic E-state index is 13.4. The van der Waals surface area contributed by atoms with Gasteiger partial charge in [-0.25, -0.2) is 0 Å². The molecular formula is C20H18N2O3S. The Balaban J connectivity index is 1.64. The average molecular weight is 366 g/mol. The highest BCUT2D eigenvalue weighted by atomic mass is 32.1. The first kappa shape index (κ1) is 16.6. The minimum atomic E-state index is -0.477. The summed E-state index contributed by atoms with van der Waals surface area (Å²) < 4.78 is 5.44. The number of carbonyl (C=O) groups excluding carboxylic acids is 2. The molecule has 0 saturated carbocycles. The lowest BCUT2D eigenvalue weighted by atomic mass is 9.89. The van der Waals surface area contributed by atoms with Crippen LogP contribution in [-0.2, 0) is 22.7 Å². The van der Waals surface area contributed by atoms with Crippen LogP contribution < -0.4 is 5.32 Å². The van der Waals surface area contributed by atoms with E-state index in [1.165, 1.54) is 0 Å².